The number of hydrogen-bond acceptors (Lipinski definition) is 6. The van der Waals surface area contributed by atoms with E-state index in [0.29, 0.717) is 5.69 Å². The number of aromatic nitrogens is 2. The number of benzene rings is 1. The maximum atomic E-state index is 12.3. The molecule has 2 N–H and O–H groups in total. The van der Waals surface area contributed by atoms with Crippen molar-refractivity contribution in [3.05, 3.63) is 36.7 Å². The second kappa shape index (κ2) is 6.39. The van der Waals surface area contributed by atoms with E-state index >= 15 is 0 Å². The van der Waals surface area contributed by atoms with Crippen LogP contribution in [0.25, 0.3) is 0 Å². The zero-order chi connectivity index (χ0) is 16.2. The number of carbonyl (C=O) groups is 1. The average Bonchev–Trinajstić information content (AvgIpc) is 2.47. The Kier molecular flexibility index (Phi) is 4.56. The maximum Gasteiger partial charge on any atom is 0.263 e. The summed E-state index contributed by atoms with van der Waals surface area (Å²) in [5.41, 5.74) is 0.503. The number of nitrogens with one attached hydrogen (secondary N) is 2. The van der Waals surface area contributed by atoms with Gasteiger partial charge < -0.3 is 10.1 Å². The van der Waals surface area contributed by atoms with Crippen LogP contribution < -0.4 is 14.8 Å². The first kappa shape index (κ1) is 15.7. The third-order valence-electron chi connectivity index (χ3n) is 2.57. The Balaban J connectivity index is 2.25. The Morgan fingerprint density at radius 2 is 1.77 bits per heavy atom. The zero-order valence-corrected chi connectivity index (χ0v) is 12.7. The molecule has 0 spiro atoms. The van der Waals surface area contributed by atoms with Crippen LogP contribution in [0.15, 0.2) is 41.6 Å². The Bertz CT molecular complexity index is 775. The fraction of sp³-hybridized carbons (Fsp3) is 0.154. The number of ether oxygens (including phenoxy) is 1. The van der Waals surface area contributed by atoms with Crippen LogP contribution in [-0.4, -0.2) is 31.4 Å². The van der Waals surface area contributed by atoms with Crippen molar-refractivity contribution < 1.29 is 17.9 Å². The molecule has 0 atom stereocenters. The van der Waals surface area contributed by atoms with Crippen molar-refractivity contribution in [2.24, 2.45) is 0 Å². The summed E-state index contributed by atoms with van der Waals surface area (Å²) in [4.78, 5) is 18.7. The van der Waals surface area contributed by atoms with Gasteiger partial charge >= 0.3 is 0 Å². The van der Waals surface area contributed by atoms with Crippen molar-refractivity contribution in [3.8, 4) is 5.88 Å². The molecule has 1 heterocycles. The predicted molar refractivity (Wildman–Crippen MR) is 80.1 cm³/mol. The Morgan fingerprint density at radius 3 is 2.36 bits per heavy atom. The molecule has 9 heteroatoms. The SMILES string of the molecule is COc1nccnc1NS(=O)(=O)c1ccc(NC(C)=O)cc1. The van der Waals surface area contributed by atoms with E-state index in [1.54, 1.807) is 0 Å². The summed E-state index contributed by atoms with van der Waals surface area (Å²) in [7, 11) is -2.47. The Hall–Kier alpha value is -2.68. The third-order valence-corrected chi connectivity index (χ3v) is 3.93. The third kappa shape index (κ3) is 3.70. The Labute approximate surface area is 127 Å². The molecule has 0 aliphatic carbocycles. The van der Waals surface area contributed by atoms with Crippen molar-refractivity contribution in [2.75, 3.05) is 17.1 Å². The fourth-order valence-corrected chi connectivity index (χ4v) is 2.66. The predicted octanol–water partition coefficient (Wildman–Crippen LogP) is 1.24. The molecule has 2 rings (SSSR count). The van der Waals surface area contributed by atoms with Crippen LogP contribution in [0.5, 0.6) is 5.88 Å². The topological polar surface area (TPSA) is 110 Å². The van der Waals surface area contributed by atoms with E-state index in [2.05, 4.69) is 20.0 Å². The van der Waals surface area contributed by atoms with Crippen molar-refractivity contribution >= 4 is 27.4 Å². The highest BCUT2D eigenvalue weighted by molar-refractivity contribution is 7.92. The molecule has 0 unspecified atom stereocenters. The van der Waals surface area contributed by atoms with Gasteiger partial charge in [0, 0.05) is 25.0 Å². The molecule has 0 bridgehead atoms. The second-order valence-electron chi connectivity index (χ2n) is 4.23. The first-order chi connectivity index (χ1) is 10.4. The minimum atomic E-state index is -3.84. The number of anilines is 2. The van der Waals surface area contributed by atoms with Crippen LogP contribution in [-0.2, 0) is 14.8 Å². The molecular formula is C13H14N4O4S. The molecule has 116 valence electrons. The van der Waals surface area contributed by atoms with E-state index in [9.17, 15) is 13.2 Å². The summed E-state index contributed by atoms with van der Waals surface area (Å²) in [5.74, 6) is -0.171. The van der Waals surface area contributed by atoms with E-state index < -0.39 is 10.0 Å². The zero-order valence-electron chi connectivity index (χ0n) is 11.9. The van der Waals surface area contributed by atoms with Gasteiger partial charge in [0.05, 0.1) is 12.0 Å². The van der Waals surface area contributed by atoms with Gasteiger partial charge in [-0.15, -0.1) is 0 Å². The number of nitrogens with zero attached hydrogens (tertiary/aromatic N) is 2. The van der Waals surface area contributed by atoms with Crippen LogP contribution in [0.1, 0.15) is 6.92 Å². The van der Waals surface area contributed by atoms with Gasteiger partial charge in [0.1, 0.15) is 0 Å². The molecule has 0 saturated carbocycles. The van der Waals surface area contributed by atoms with Crippen molar-refractivity contribution in [2.45, 2.75) is 11.8 Å². The highest BCUT2D eigenvalue weighted by atomic mass is 32.2. The maximum absolute atomic E-state index is 12.3. The highest BCUT2D eigenvalue weighted by Crippen LogP contribution is 2.22. The molecule has 0 radical (unpaired) electrons. The molecule has 0 aliphatic heterocycles. The first-order valence-corrected chi connectivity index (χ1v) is 7.66. The van der Waals surface area contributed by atoms with Crippen LogP contribution in [0, 0.1) is 0 Å². The van der Waals surface area contributed by atoms with Gasteiger partial charge in [0.2, 0.25) is 11.7 Å². The minimum absolute atomic E-state index is 0.00376. The average molecular weight is 322 g/mol. The van der Waals surface area contributed by atoms with Gasteiger partial charge in [0.25, 0.3) is 15.9 Å². The number of carbonyl (C=O) groups excluding carboxylic acids is 1. The van der Waals surface area contributed by atoms with E-state index in [-0.39, 0.29) is 22.5 Å². The molecule has 8 nitrogen and oxygen atoms in total. The van der Waals surface area contributed by atoms with E-state index in [0.717, 1.165) is 0 Å². The summed E-state index contributed by atoms with van der Waals surface area (Å²) in [6.07, 6.45) is 2.74. The van der Waals surface area contributed by atoms with Gasteiger partial charge in [-0.25, -0.2) is 18.4 Å². The number of sulfonamides is 1. The highest BCUT2D eigenvalue weighted by Gasteiger charge is 2.17. The lowest BCUT2D eigenvalue weighted by Gasteiger charge is -2.10. The van der Waals surface area contributed by atoms with Gasteiger partial charge in [-0.3, -0.25) is 9.52 Å². The van der Waals surface area contributed by atoms with Crippen molar-refractivity contribution in [1.82, 2.24) is 9.97 Å². The van der Waals surface area contributed by atoms with Crippen LogP contribution in [0.3, 0.4) is 0 Å². The summed E-state index contributed by atoms with van der Waals surface area (Å²) in [6, 6.07) is 5.72. The van der Waals surface area contributed by atoms with Crippen molar-refractivity contribution in [1.29, 1.82) is 0 Å². The van der Waals surface area contributed by atoms with E-state index in [1.807, 2.05) is 0 Å². The van der Waals surface area contributed by atoms with E-state index in [4.69, 9.17) is 4.74 Å². The molecule has 1 aromatic carbocycles. The largest absolute Gasteiger partial charge is 0.478 e. The molecular weight excluding hydrogens is 308 g/mol. The molecule has 1 amide bonds. The summed E-state index contributed by atoms with van der Waals surface area (Å²) in [6.45, 7) is 1.37. The summed E-state index contributed by atoms with van der Waals surface area (Å²) < 4.78 is 31.8. The molecule has 1 aromatic heterocycles. The molecule has 0 saturated heterocycles. The Morgan fingerprint density at radius 1 is 1.14 bits per heavy atom. The normalized spacial score (nSPS) is 10.8. The van der Waals surface area contributed by atoms with Crippen molar-refractivity contribution in [3.63, 3.8) is 0 Å². The monoisotopic (exact) mass is 322 g/mol. The lowest BCUT2D eigenvalue weighted by Crippen LogP contribution is -2.15. The first-order valence-electron chi connectivity index (χ1n) is 6.18. The summed E-state index contributed by atoms with van der Waals surface area (Å²) >= 11 is 0. The number of amides is 1. The van der Waals surface area contributed by atoms with Crippen LogP contribution in [0.4, 0.5) is 11.5 Å². The number of hydrogen-bond donors (Lipinski definition) is 2. The van der Waals surface area contributed by atoms with Gasteiger partial charge in [0.15, 0.2) is 0 Å². The van der Waals surface area contributed by atoms with Gasteiger partial charge in [-0.05, 0) is 24.3 Å². The molecule has 0 fully saturated rings. The second-order valence-corrected chi connectivity index (χ2v) is 5.91. The molecule has 0 aliphatic rings. The van der Waals surface area contributed by atoms with Crippen LogP contribution >= 0.6 is 0 Å². The quantitative estimate of drug-likeness (QED) is 0.857. The van der Waals surface area contributed by atoms with E-state index in [1.165, 1.54) is 50.7 Å². The van der Waals surface area contributed by atoms with Gasteiger partial charge in [-0.1, -0.05) is 0 Å². The van der Waals surface area contributed by atoms with Gasteiger partial charge in [-0.2, -0.15) is 0 Å². The lowest BCUT2D eigenvalue weighted by molar-refractivity contribution is -0.114. The molecule has 2 aromatic rings. The minimum Gasteiger partial charge on any atom is -0.478 e. The summed E-state index contributed by atoms with van der Waals surface area (Å²) in [5, 5.41) is 2.55. The lowest BCUT2D eigenvalue weighted by atomic mass is 10.3. The molecule has 22 heavy (non-hydrogen) atoms. The standard InChI is InChI=1S/C13H14N4O4S/c1-9(18)16-10-3-5-11(6-4-10)22(19,20)17-12-13(21-2)15-8-7-14-12/h3-8H,1-2H3,(H,14,17)(H,16,18). The number of rotatable bonds is 5. The number of methoxy groups -OCH3 is 1. The fourth-order valence-electron chi connectivity index (χ4n) is 1.65. The smallest absolute Gasteiger partial charge is 0.263 e. The van der Waals surface area contributed by atoms with Crippen LogP contribution in [0.2, 0.25) is 0 Å².